The molecule has 1 unspecified atom stereocenters. The number of sulfone groups is 1. The van der Waals surface area contributed by atoms with Crippen LogP contribution in [-0.4, -0.2) is 44.9 Å². The van der Waals surface area contributed by atoms with Gasteiger partial charge in [-0.15, -0.1) is 0 Å². The second-order valence-corrected chi connectivity index (χ2v) is 8.24. The average molecular weight is 371 g/mol. The molecule has 0 saturated carbocycles. The van der Waals surface area contributed by atoms with Crippen molar-refractivity contribution in [1.29, 1.82) is 0 Å². The van der Waals surface area contributed by atoms with E-state index in [2.05, 4.69) is 16.2 Å². The van der Waals surface area contributed by atoms with Gasteiger partial charge in [0.25, 0.3) is 5.91 Å². The van der Waals surface area contributed by atoms with Gasteiger partial charge in [0.2, 0.25) is 0 Å². The maximum atomic E-state index is 12.0. The Hall–Kier alpha value is -1.71. The number of ether oxygens (including phenoxy) is 1. The molecule has 0 bridgehead atoms. The van der Waals surface area contributed by atoms with E-state index in [1.165, 1.54) is 6.26 Å². The summed E-state index contributed by atoms with van der Waals surface area (Å²) in [4.78, 5) is 12.0. The SMILES string of the molecule is CS(=O)(=O)Cc1ccc(C(=O)NNC(=S)NCC2CCCO2)cc1. The predicted molar refractivity (Wildman–Crippen MR) is 95.2 cm³/mol. The molecule has 1 aromatic carbocycles. The molecule has 1 aromatic rings. The van der Waals surface area contributed by atoms with Gasteiger partial charge in [-0.25, -0.2) is 8.42 Å². The number of hydrazine groups is 1. The monoisotopic (exact) mass is 371 g/mol. The largest absolute Gasteiger partial charge is 0.376 e. The topological polar surface area (TPSA) is 96.5 Å². The third-order valence-electron chi connectivity index (χ3n) is 3.45. The van der Waals surface area contributed by atoms with E-state index in [1.807, 2.05) is 0 Å². The first-order valence-electron chi connectivity index (χ1n) is 7.56. The number of benzene rings is 1. The number of carbonyl (C=O) groups excluding carboxylic acids is 1. The smallest absolute Gasteiger partial charge is 0.269 e. The highest BCUT2D eigenvalue weighted by atomic mass is 32.2. The predicted octanol–water partition coefficient (Wildman–Crippen LogP) is 0.519. The highest BCUT2D eigenvalue weighted by molar-refractivity contribution is 7.89. The molecular formula is C15H21N3O4S2. The lowest BCUT2D eigenvalue weighted by atomic mass is 10.1. The molecule has 1 heterocycles. The zero-order chi connectivity index (χ0) is 17.6. The number of hydrogen-bond donors (Lipinski definition) is 3. The summed E-state index contributed by atoms with van der Waals surface area (Å²) in [5.41, 5.74) is 6.16. The minimum atomic E-state index is -3.09. The maximum Gasteiger partial charge on any atom is 0.269 e. The van der Waals surface area contributed by atoms with Crippen molar-refractivity contribution >= 4 is 33.1 Å². The molecule has 132 valence electrons. The molecule has 1 fully saturated rings. The van der Waals surface area contributed by atoms with Crippen LogP contribution in [0.3, 0.4) is 0 Å². The minimum absolute atomic E-state index is 0.0512. The summed E-state index contributed by atoms with van der Waals surface area (Å²) in [5, 5.41) is 3.29. The Morgan fingerprint density at radius 2 is 2.00 bits per heavy atom. The lowest BCUT2D eigenvalue weighted by Crippen LogP contribution is -2.48. The first-order valence-corrected chi connectivity index (χ1v) is 10.0. The van der Waals surface area contributed by atoms with Crippen molar-refractivity contribution in [2.75, 3.05) is 19.4 Å². The van der Waals surface area contributed by atoms with Gasteiger partial charge in [-0.1, -0.05) is 12.1 Å². The highest BCUT2D eigenvalue weighted by Crippen LogP contribution is 2.10. The number of hydrogen-bond acceptors (Lipinski definition) is 5. The minimum Gasteiger partial charge on any atom is -0.376 e. The van der Waals surface area contributed by atoms with Gasteiger partial charge in [-0.2, -0.15) is 0 Å². The second-order valence-electron chi connectivity index (χ2n) is 5.69. The second kappa shape index (κ2) is 8.41. The number of carbonyl (C=O) groups is 1. The molecule has 9 heteroatoms. The summed E-state index contributed by atoms with van der Waals surface area (Å²) in [7, 11) is -3.09. The molecule has 0 aliphatic carbocycles. The van der Waals surface area contributed by atoms with Gasteiger partial charge < -0.3 is 10.1 Å². The summed E-state index contributed by atoms with van der Waals surface area (Å²) < 4.78 is 27.9. The van der Waals surface area contributed by atoms with Crippen molar-refractivity contribution in [3.05, 3.63) is 35.4 Å². The van der Waals surface area contributed by atoms with E-state index in [0.717, 1.165) is 19.4 Å². The summed E-state index contributed by atoms with van der Waals surface area (Å²) in [6.45, 7) is 1.38. The van der Waals surface area contributed by atoms with Crippen molar-refractivity contribution in [1.82, 2.24) is 16.2 Å². The van der Waals surface area contributed by atoms with Crippen molar-refractivity contribution in [3.8, 4) is 0 Å². The highest BCUT2D eigenvalue weighted by Gasteiger charge is 2.15. The number of amides is 1. The Morgan fingerprint density at radius 1 is 1.29 bits per heavy atom. The van der Waals surface area contributed by atoms with E-state index in [4.69, 9.17) is 17.0 Å². The fraction of sp³-hybridized carbons (Fsp3) is 0.467. The van der Waals surface area contributed by atoms with E-state index < -0.39 is 9.84 Å². The first kappa shape index (κ1) is 18.6. The molecule has 1 saturated heterocycles. The number of thiocarbonyl (C=S) groups is 1. The van der Waals surface area contributed by atoms with Crippen LogP contribution in [-0.2, 0) is 20.3 Å². The van der Waals surface area contributed by atoms with Gasteiger partial charge >= 0.3 is 0 Å². The van der Waals surface area contributed by atoms with E-state index >= 15 is 0 Å². The molecule has 1 aliphatic rings. The Bertz CT molecular complexity index is 683. The summed E-state index contributed by atoms with van der Waals surface area (Å²) in [5.74, 6) is -0.410. The van der Waals surface area contributed by atoms with Gasteiger partial charge in [-0.05, 0) is 42.8 Å². The van der Waals surface area contributed by atoms with Crippen LogP contribution in [0.5, 0.6) is 0 Å². The molecule has 1 atom stereocenters. The van der Waals surface area contributed by atoms with Crippen molar-refractivity contribution in [3.63, 3.8) is 0 Å². The van der Waals surface area contributed by atoms with E-state index in [-0.39, 0.29) is 17.8 Å². The van der Waals surface area contributed by atoms with E-state index in [9.17, 15) is 13.2 Å². The fourth-order valence-corrected chi connectivity index (χ4v) is 3.23. The van der Waals surface area contributed by atoms with Gasteiger partial charge in [-0.3, -0.25) is 15.6 Å². The molecule has 0 aromatic heterocycles. The van der Waals surface area contributed by atoms with E-state index in [0.29, 0.717) is 22.8 Å². The zero-order valence-corrected chi connectivity index (χ0v) is 15.0. The van der Waals surface area contributed by atoms with Gasteiger partial charge in [0.15, 0.2) is 14.9 Å². The van der Waals surface area contributed by atoms with Gasteiger partial charge in [0.1, 0.15) is 0 Å². The lowest BCUT2D eigenvalue weighted by Gasteiger charge is -2.14. The molecule has 7 nitrogen and oxygen atoms in total. The standard InChI is InChI=1S/C15H21N3O4S2/c1-24(20,21)10-11-4-6-12(7-5-11)14(19)17-18-15(23)16-9-13-3-2-8-22-13/h4-7,13H,2-3,8-10H2,1H3,(H,17,19)(H2,16,18,23). The fourth-order valence-electron chi connectivity index (χ4n) is 2.30. The number of nitrogens with one attached hydrogen (secondary N) is 3. The molecule has 3 N–H and O–H groups in total. The molecule has 1 aliphatic heterocycles. The van der Waals surface area contributed by atoms with Crippen LogP contribution in [0.2, 0.25) is 0 Å². The summed E-state index contributed by atoms with van der Waals surface area (Å²) in [6.07, 6.45) is 3.38. The molecule has 1 amide bonds. The van der Waals surface area contributed by atoms with Gasteiger partial charge in [0, 0.05) is 25.0 Å². The normalized spacial score (nSPS) is 17.3. The van der Waals surface area contributed by atoms with Crippen LogP contribution in [0.1, 0.15) is 28.8 Å². The number of rotatable bonds is 5. The first-order chi connectivity index (χ1) is 11.3. The van der Waals surface area contributed by atoms with Crippen LogP contribution in [0.4, 0.5) is 0 Å². The molecule has 0 spiro atoms. The molecule has 0 radical (unpaired) electrons. The molecular weight excluding hydrogens is 350 g/mol. The van der Waals surface area contributed by atoms with Crippen LogP contribution in [0.25, 0.3) is 0 Å². The van der Waals surface area contributed by atoms with Crippen molar-refractivity contribution in [2.24, 2.45) is 0 Å². The van der Waals surface area contributed by atoms with Crippen LogP contribution < -0.4 is 16.2 Å². The quantitative estimate of drug-likeness (QED) is 0.513. The summed E-state index contributed by atoms with van der Waals surface area (Å²) in [6, 6.07) is 6.37. The lowest BCUT2D eigenvalue weighted by molar-refractivity contribution is 0.0943. The van der Waals surface area contributed by atoms with E-state index in [1.54, 1.807) is 24.3 Å². The third kappa shape index (κ3) is 6.42. The Labute approximate surface area is 147 Å². The average Bonchev–Trinajstić information content (AvgIpc) is 3.03. The van der Waals surface area contributed by atoms with Crippen LogP contribution in [0.15, 0.2) is 24.3 Å². The van der Waals surface area contributed by atoms with Crippen molar-refractivity contribution < 1.29 is 17.9 Å². The summed E-state index contributed by atoms with van der Waals surface area (Å²) >= 11 is 5.08. The van der Waals surface area contributed by atoms with Crippen molar-refractivity contribution in [2.45, 2.75) is 24.7 Å². The third-order valence-corrected chi connectivity index (χ3v) is 4.55. The Kier molecular flexibility index (Phi) is 6.52. The van der Waals surface area contributed by atoms with Crippen LogP contribution in [0, 0.1) is 0 Å². The van der Waals surface area contributed by atoms with Crippen LogP contribution >= 0.6 is 12.2 Å². The Balaban J connectivity index is 1.76. The zero-order valence-electron chi connectivity index (χ0n) is 13.4. The Morgan fingerprint density at radius 3 is 2.58 bits per heavy atom. The molecule has 2 rings (SSSR count). The molecule has 24 heavy (non-hydrogen) atoms. The van der Waals surface area contributed by atoms with Gasteiger partial charge in [0.05, 0.1) is 11.9 Å². The maximum absolute atomic E-state index is 12.0.